The molecule has 0 saturated heterocycles. The number of ether oxygens (including phenoxy) is 1. The second-order valence-corrected chi connectivity index (χ2v) is 5.02. The third-order valence-electron chi connectivity index (χ3n) is 2.28. The molecule has 1 atom stereocenters. The molecule has 1 aromatic carbocycles. The summed E-state index contributed by atoms with van der Waals surface area (Å²) in [6, 6.07) is 4.17. The molecular formula is C12H15BrFNO2. The molecule has 1 aromatic rings. The van der Waals surface area contributed by atoms with Gasteiger partial charge in [0.15, 0.2) is 0 Å². The van der Waals surface area contributed by atoms with Crippen LogP contribution in [0.3, 0.4) is 0 Å². The highest BCUT2D eigenvalue weighted by atomic mass is 79.9. The fourth-order valence-corrected chi connectivity index (χ4v) is 1.80. The van der Waals surface area contributed by atoms with Crippen molar-refractivity contribution >= 4 is 21.8 Å². The molecule has 3 nitrogen and oxygen atoms in total. The van der Waals surface area contributed by atoms with Crippen LogP contribution in [0.1, 0.15) is 15.9 Å². The molecule has 0 fully saturated rings. The van der Waals surface area contributed by atoms with Crippen LogP contribution < -0.4 is 5.32 Å². The molecule has 0 aliphatic rings. The van der Waals surface area contributed by atoms with Gasteiger partial charge in [0.2, 0.25) is 0 Å². The highest BCUT2D eigenvalue weighted by molar-refractivity contribution is 9.09. The van der Waals surface area contributed by atoms with Crippen LogP contribution in [0.15, 0.2) is 18.2 Å². The van der Waals surface area contributed by atoms with Crippen molar-refractivity contribution in [2.75, 3.05) is 20.3 Å². The molecule has 1 amide bonds. The Morgan fingerprint density at radius 3 is 2.94 bits per heavy atom. The second-order valence-electron chi connectivity index (χ2n) is 3.72. The van der Waals surface area contributed by atoms with E-state index in [9.17, 15) is 9.18 Å². The van der Waals surface area contributed by atoms with Gasteiger partial charge in [-0.15, -0.1) is 0 Å². The molecule has 0 radical (unpaired) electrons. The number of rotatable bonds is 5. The van der Waals surface area contributed by atoms with Gasteiger partial charge in [0.25, 0.3) is 5.91 Å². The van der Waals surface area contributed by atoms with Crippen molar-refractivity contribution in [1.82, 2.24) is 5.32 Å². The fraction of sp³-hybridized carbons (Fsp3) is 0.417. The maximum absolute atomic E-state index is 13.0. The topological polar surface area (TPSA) is 38.3 Å². The van der Waals surface area contributed by atoms with E-state index in [1.807, 2.05) is 0 Å². The largest absolute Gasteiger partial charge is 0.383 e. The van der Waals surface area contributed by atoms with Gasteiger partial charge in [0.1, 0.15) is 5.82 Å². The molecule has 0 spiro atoms. The fourth-order valence-electron chi connectivity index (χ4n) is 1.38. The number of halogens is 2. The molecule has 0 heterocycles. The van der Waals surface area contributed by atoms with Crippen LogP contribution in [0.25, 0.3) is 0 Å². The number of hydrogen-bond acceptors (Lipinski definition) is 2. The van der Waals surface area contributed by atoms with Gasteiger partial charge in [-0.05, 0) is 24.6 Å². The smallest absolute Gasteiger partial charge is 0.251 e. The minimum Gasteiger partial charge on any atom is -0.383 e. The van der Waals surface area contributed by atoms with E-state index in [4.69, 9.17) is 4.74 Å². The van der Waals surface area contributed by atoms with Crippen molar-refractivity contribution in [2.45, 2.75) is 11.8 Å². The van der Waals surface area contributed by atoms with Gasteiger partial charge in [-0.25, -0.2) is 4.39 Å². The lowest BCUT2D eigenvalue weighted by atomic mass is 10.1. The first-order valence-corrected chi connectivity index (χ1v) is 6.13. The predicted octanol–water partition coefficient (Wildman–Crippen LogP) is 2.27. The van der Waals surface area contributed by atoms with Gasteiger partial charge >= 0.3 is 0 Å². The highest BCUT2D eigenvalue weighted by Crippen LogP contribution is 2.10. The zero-order chi connectivity index (χ0) is 12.8. The van der Waals surface area contributed by atoms with Crippen LogP contribution in [-0.4, -0.2) is 31.0 Å². The lowest BCUT2D eigenvalue weighted by Gasteiger charge is -2.11. The van der Waals surface area contributed by atoms with Crippen LogP contribution in [0, 0.1) is 12.7 Å². The van der Waals surface area contributed by atoms with Gasteiger partial charge in [-0.1, -0.05) is 22.0 Å². The molecule has 0 aromatic heterocycles. The maximum Gasteiger partial charge on any atom is 0.251 e. The van der Waals surface area contributed by atoms with Crippen LogP contribution in [0.5, 0.6) is 0 Å². The molecule has 1 N–H and O–H groups in total. The van der Waals surface area contributed by atoms with Crippen LogP contribution in [-0.2, 0) is 4.74 Å². The summed E-state index contributed by atoms with van der Waals surface area (Å²) in [7, 11) is 1.59. The predicted molar refractivity (Wildman–Crippen MR) is 68.1 cm³/mol. The summed E-state index contributed by atoms with van der Waals surface area (Å²) in [4.78, 5) is 11.8. The second kappa shape index (κ2) is 6.71. The van der Waals surface area contributed by atoms with E-state index in [1.165, 1.54) is 12.1 Å². The molecule has 17 heavy (non-hydrogen) atoms. The summed E-state index contributed by atoms with van der Waals surface area (Å²) in [6.45, 7) is 2.71. The Labute approximate surface area is 108 Å². The number of benzene rings is 1. The van der Waals surface area contributed by atoms with E-state index >= 15 is 0 Å². The lowest BCUT2D eigenvalue weighted by Crippen LogP contribution is -2.31. The zero-order valence-electron chi connectivity index (χ0n) is 9.80. The summed E-state index contributed by atoms with van der Waals surface area (Å²) in [6.07, 6.45) is 0. The molecule has 5 heteroatoms. The number of methoxy groups -OCH3 is 1. The Kier molecular flexibility index (Phi) is 5.58. The van der Waals surface area contributed by atoms with E-state index in [0.717, 1.165) is 5.56 Å². The Morgan fingerprint density at radius 1 is 1.59 bits per heavy atom. The lowest BCUT2D eigenvalue weighted by molar-refractivity contribution is 0.0949. The van der Waals surface area contributed by atoms with Crippen molar-refractivity contribution < 1.29 is 13.9 Å². The Hall–Kier alpha value is -0.940. The van der Waals surface area contributed by atoms with E-state index in [-0.39, 0.29) is 10.7 Å². The summed E-state index contributed by atoms with van der Waals surface area (Å²) in [5, 5.41) is 2.72. The summed E-state index contributed by atoms with van der Waals surface area (Å²) < 4.78 is 17.9. The number of nitrogens with one attached hydrogen (secondary N) is 1. The monoisotopic (exact) mass is 303 g/mol. The van der Waals surface area contributed by atoms with Gasteiger partial charge in [-0.3, -0.25) is 4.79 Å². The summed E-state index contributed by atoms with van der Waals surface area (Å²) in [5.41, 5.74) is 1.11. The van der Waals surface area contributed by atoms with Gasteiger partial charge < -0.3 is 10.1 Å². The number of carbonyl (C=O) groups is 1. The quantitative estimate of drug-likeness (QED) is 0.848. The van der Waals surface area contributed by atoms with Crippen molar-refractivity contribution in [3.63, 3.8) is 0 Å². The molecule has 0 saturated carbocycles. The summed E-state index contributed by atoms with van der Waals surface area (Å²) in [5.74, 6) is -0.685. The van der Waals surface area contributed by atoms with Crippen molar-refractivity contribution in [2.24, 2.45) is 0 Å². The molecule has 94 valence electrons. The first kappa shape index (κ1) is 14.1. The van der Waals surface area contributed by atoms with E-state index < -0.39 is 5.82 Å². The van der Waals surface area contributed by atoms with Crippen LogP contribution in [0.4, 0.5) is 4.39 Å². The molecular weight excluding hydrogens is 289 g/mol. The van der Waals surface area contributed by atoms with Crippen LogP contribution in [0.2, 0.25) is 0 Å². The number of alkyl halides is 1. The minimum atomic E-state index is -0.409. The minimum absolute atomic E-state index is 0.0466. The molecule has 0 aliphatic heterocycles. The Morgan fingerprint density at radius 2 is 2.29 bits per heavy atom. The third-order valence-corrected chi connectivity index (χ3v) is 2.86. The Bertz CT molecular complexity index is 398. The van der Waals surface area contributed by atoms with Crippen molar-refractivity contribution in [3.05, 3.63) is 35.1 Å². The first-order valence-electron chi connectivity index (χ1n) is 5.22. The molecule has 0 aliphatic carbocycles. The Balaban J connectivity index is 2.61. The number of amides is 1. The van der Waals surface area contributed by atoms with Gasteiger partial charge in [0, 0.05) is 19.2 Å². The summed E-state index contributed by atoms with van der Waals surface area (Å²) >= 11 is 3.36. The average molecular weight is 304 g/mol. The van der Waals surface area contributed by atoms with Crippen LogP contribution >= 0.6 is 15.9 Å². The van der Waals surface area contributed by atoms with Gasteiger partial charge in [-0.2, -0.15) is 0 Å². The van der Waals surface area contributed by atoms with Crippen molar-refractivity contribution in [1.29, 1.82) is 0 Å². The number of hydrogen-bond donors (Lipinski definition) is 1. The third kappa shape index (κ3) is 4.44. The molecule has 1 unspecified atom stereocenters. The van der Waals surface area contributed by atoms with E-state index in [1.54, 1.807) is 20.1 Å². The molecule has 1 rings (SSSR count). The number of aryl methyl sites for hydroxylation is 1. The number of carbonyl (C=O) groups excluding carboxylic acids is 1. The maximum atomic E-state index is 13.0. The van der Waals surface area contributed by atoms with Gasteiger partial charge in [0.05, 0.1) is 11.4 Å². The normalized spacial score (nSPS) is 12.2. The highest BCUT2D eigenvalue weighted by Gasteiger charge is 2.11. The van der Waals surface area contributed by atoms with E-state index in [0.29, 0.717) is 18.7 Å². The first-order chi connectivity index (χ1) is 8.04. The SMILES string of the molecule is COCC(Br)CNC(=O)c1cc(F)ccc1C. The van der Waals surface area contributed by atoms with E-state index in [2.05, 4.69) is 21.2 Å². The zero-order valence-corrected chi connectivity index (χ0v) is 11.4. The van der Waals surface area contributed by atoms with Crippen molar-refractivity contribution in [3.8, 4) is 0 Å². The average Bonchev–Trinajstić information content (AvgIpc) is 2.29. The molecule has 0 bridgehead atoms. The standard InChI is InChI=1S/C12H15BrFNO2/c1-8-3-4-10(14)5-11(8)12(16)15-6-9(13)7-17-2/h3-5,9H,6-7H2,1-2H3,(H,15,16).